The predicted octanol–water partition coefficient (Wildman–Crippen LogP) is 2.22. The largest absolute Gasteiger partial charge is 0.396 e. The first-order chi connectivity index (χ1) is 6.83. The van der Waals surface area contributed by atoms with Crippen LogP contribution in [0.3, 0.4) is 0 Å². The van der Waals surface area contributed by atoms with Gasteiger partial charge in [-0.05, 0) is 17.9 Å². The van der Waals surface area contributed by atoms with E-state index in [1.165, 1.54) is 5.56 Å². The zero-order valence-corrected chi connectivity index (χ0v) is 8.65. The van der Waals surface area contributed by atoms with E-state index in [0.717, 1.165) is 13.0 Å². The quantitative estimate of drug-likeness (QED) is 0.704. The van der Waals surface area contributed by atoms with Crippen molar-refractivity contribution in [2.75, 3.05) is 13.2 Å². The first-order valence-electron chi connectivity index (χ1n) is 5.05. The summed E-state index contributed by atoms with van der Waals surface area (Å²) in [5.41, 5.74) is 1.20. The monoisotopic (exact) mass is 194 g/mol. The molecule has 0 aromatic heterocycles. The number of rotatable bonds is 6. The van der Waals surface area contributed by atoms with Crippen molar-refractivity contribution in [3.05, 3.63) is 35.9 Å². The number of benzene rings is 1. The standard InChI is InChI=1S/C12H18O2/c1-11(9-13)7-8-14-10-12-5-3-2-4-6-12/h2-6,11,13H,7-10H2,1H3. The Morgan fingerprint density at radius 1 is 1.29 bits per heavy atom. The van der Waals surface area contributed by atoms with Crippen LogP contribution in [0, 0.1) is 5.92 Å². The number of aliphatic hydroxyl groups excluding tert-OH is 1. The second kappa shape index (κ2) is 6.57. The molecule has 0 aliphatic rings. The molecule has 1 aromatic carbocycles. The lowest BCUT2D eigenvalue weighted by Crippen LogP contribution is -2.05. The second-order valence-electron chi connectivity index (χ2n) is 3.61. The van der Waals surface area contributed by atoms with Crippen LogP contribution in [0.15, 0.2) is 30.3 Å². The molecule has 0 saturated carbocycles. The maximum atomic E-state index is 8.80. The fourth-order valence-electron chi connectivity index (χ4n) is 1.14. The van der Waals surface area contributed by atoms with Crippen LogP contribution < -0.4 is 0 Å². The molecule has 2 nitrogen and oxygen atoms in total. The van der Waals surface area contributed by atoms with Gasteiger partial charge >= 0.3 is 0 Å². The van der Waals surface area contributed by atoms with Gasteiger partial charge in [0.15, 0.2) is 0 Å². The maximum absolute atomic E-state index is 8.80. The highest BCUT2D eigenvalue weighted by molar-refractivity contribution is 5.13. The highest BCUT2D eigenvalue weighted by atomic mass is 16.5. The van der Waals surface area contributed by atoms with Crippen LogP contribution in [-0.2, 0) is 11.3 Å². The molecule has 0 radical (unpaired) electrons. The molecule has 1 unspecified atom stereocenters. The van der Waals surface area contributed by atoms with Crippen LogP contribution in [0.25, 0.3) is 0 Å². The summed E-state index contributed by atoms with van der Waals surface area (Å²) < 4.78 is 5.48. The van der Waals surface area contributed by atoms with Crippen molar-refractivity contribution in [2.45, 2.75) is 20.0 Å². The van der Waals surface area contributed by atoms with Gasteiger partial charge in [-0.1, -0.05) is 37.3 Å². The SMILES string of the molecule is CC(CO)CCOCc1ccccc1. The Kier molecular flexibility index (Phi) is 5.27. The fourth-order valence-corrected chi connectivity index (χ4v) is 1.14. The highest BCUT2D eigenvalue weighted by Gasteiger charge is 1.99. The topological polar surface area (TPSA) is 29.5 Å². The lowest BCUT2D eigenvalue weighted by molar-refractivity contribution is 0.0985. The molecule has 1 N–H and O–H groups in total. The van der Waals surface area contributed by atoms with Gasteiger partial charge < -0.3 is 9.84 Å². The Morgan fingerprint density at radius 2 is 2.00 bits per heavy atom. The molecule has 0 aliphatic heterocycles. The molecule has 1 atom stereocenters. The molecular formula is C12H18O2. The van der Waals surface area contributed by atoms with Gasteiger partial charge in [-0.15, -0.1) is 0 Å². The summed E-state index contributed by atoms with van der Waals surface area (Å²) in [6.07, 6.45) is 0.920. The Labute approximate surface area is 85.5 Å². The predicted molar refractivity (Wildman–Crippen MR) is 57.0 cm³/mol. The van der Waals surface area contributed by atoms with Crippen molar-refractivity contribution in [3.8, 4) is 0 Å². The van der Waals surface area contributed by atoms with Gasteiger partial charge in [0, 0.05) is 13.2 Å². The van der Waals surface area contributed by atoms with Gasteiger partial charge in [0.05, 0.1) is 6.61 Å². The number of hydrogen-bond donors (Lipinski definition) is 1. The molecule has 0 amide bonds. The summed E-state index contributed by atoms with van der Waals surface area (Å²) in [4.78, 5) is 0. The van der Waals surface area contributed by atoms with Crippen molar-refractivity contribution in [1.82, 2.24) is 0 Å². The summed E-state index contributed by atoms with van der Waals surface area (Å²) >= 11 is 0. The molecule has 0 aliphatic carbocycles. The normalized spacial score (nSPS) is 12.7. The van der Waals surface area contributed by atoms with Gasteiger partial charge in [0.25, 0.3) is 0 Å². The Balaban J connectivity index is 2.10. The minimum Gasteiger partial charge on any atom is -0.396 e. The maximum Gasteiger partial charge on any atom is 0.0716 e. The molecule has 78 valence electrons. The van der Waals surface area contributed by atoms with Crippen LogP contribution >= 0.6 is 0 Å². The summed E-state index contributed by atoms with van der Waals surface area (Å²) in [5, 5.41) is 8.80. The highest BCUT2D eigenvalue weighted by Crippen LogP contribution is 2.04. The Morgan fingerprint density at radius 3 is 2.64 bits per heavy atom. The lowest BCUT2D eigenvalue weighted by Gasteiger charge is -2.08. The zero-order chi connectivity index (χ0) is 10.2. The summed E-state index contributed by atoms with van der Waals surface area (Å²) in [5.74, 6) is 0.339. The average molecular weight is 194 g/mol. The van der Waals surface area contributed by atoms with E-state index in [2.05, 4.69) is 12.1 Å². The molecule has 0 spiro atoms. The van der Waals surface area contributed by atoms with Crippen molar-refractivity contribution in [3.63, 3.8) is 0 Å². The smallest absolute Gasteiger partial charge is 0.0716 e. The molecule has 1 rings (SSSR count). The molecule has 0 fully saturated rings. The number of aliphatic hydroxyl groups is 1. The third-order valence-corrected chi connectivity index (χ3v) is 2.18. The number of hydrogen-bond acceptors (Lipinski definition) is 2. The van der Waals surface area contributed by atoms with Gasteiger partial charge in [-0.2, -0.15) is 0 Å². The zero-order valence-electron chi connectivity index (χ0n) is 8.65. The van der Waals surface area contributed by atoms with Gasteiger partial charge in [0.2, 0.25) is 0 Å². The number of ether oxygens (including phenoxy) is 1. The van der Waals surface area contributed by atoms with E-state index in [0.29, 0.717) is 12.5 Å². The van der Waals surface area contributed by atoms with E-state index in [4.69, 9.17) is 9.84 Å². The third kappa shape index (κ3) is 4.40. The van der Waals surface area contributed by atoms with E-state index in [9.17, 15) is 0 Å². The Bertz CT molecular complexity index is 233. The van der Waals surface area contributed by atoms with E-state index in [1.807, 2.05) is 25.1 Å². The lowest BCUT2D eigenvalue weighted by atomic mass is 10.1. The molecule has 2 heteroatoms. The van der Waals surface area contributed by atoms with Crippen LogP contribution in [0.1, 0.15) is 18.9 Å². The average Bonchev–Trinajstić information content (AvgIpc) is 2.25. The van der Waals surface area contributed by atoms with Crippen molar-refractivity contribution < 1.29 is 9.84 Å². The minimum absolute atomic E-state index is 0.245. The van der Waals surface area contributed by atoms with Crippen molar-refractivity contribution in [2.24, 2.45) is 5.92 Å². The van der Waals surface area contributed by atoms with Gasteiger partial charge in [0.1, 0.15) is 0 Å². The van der Waals surface area contributed by atoms with E-state index in [-0.39, 0.29) is 6.61 Å². The molecule has 0 heterocycles. The van der Waals surface area contributed by atoms with Crippen LogP contribution in [-0.4, -0.2) is 18.3 Å². The Hall–Kier alpha value is -0.860. The van der Waals surface area contributed by atoms with Crippen molar-refractivity contribution >= 4 is 0 Å². The summed E-state index contributed by atoms with van der Waals surface area (Å²) in [7, 11) is 0. The van der Waals surface area contributed by atoms with E-state index >= 15 is 0 Å². The van der Waals surface area contributed by atoms with Gasteiger partial charge in [-0.25, -0.2) is 0 Å². The van der Waals surface area contributed by atoms with Crippen LogP contribution in [0.2, 0.25) is 0 Å². The second-order valence-corrected chi connectivity index (χ2v) is 3.61. The van der Waals surface area contributed by atoms with Gasteiger partial charge in [-0.3, -0.25) is 0 Å². The molecule has 1 aromatic rings. The molecule has 0 bridgehead atoms. The van der Waals surface area contributed by atoms with E-state index in [1.54, 1.807) is 0 Å². The van der Waals surface area contributed by atoms with Crippen LogP contribution in [0.4, 0.5) is 0 Å². The molecule has 0 saturated heterocycles. The fraction of sp³-hybridized carbons (Fsp3) is 0.500. The summed E-state index contributed by atoms with van der Waals surface area (Å²) in [6.45, 7) is 3.65. The molecule has 14 heavy (non-hydrogen) atoms. The third-order valence-electron chi connectivity index (χ3n) is 2.18. The molecular weight excluding hydrogens is 176 g/mol. The van der Waals surface area contributed by atoms with Crippen molar-refractivity contribution in [1.29, 1.82) is 0 Å². The summed E-state index contributed by atoms with van der Waals surface area (Å²) in [6, 6.07) is 10.1. The van der Waals surface area contributed by atoms with E-state index < -0.39 is 0 Å². The first kappa shape index (κ1) is 11.2. The van der Waals surface area contributed by atoms with Crippen LogP contribution in [0.5, 0.6) is 0 Å². The minimum atomic E-state index is 0.245. The first-order valence-corrected chi connectivity index (χ1v) is 5.05.